The second kappa shape index (κ2) is 14.2. The molecular weight excluding hydrogens is 503 g/mol. The second-order valence-electron chi connectivity index (χ2n) is 8.43. The molecule has 0 bridgehead atoms. The summed E-state index contributed by atoms with van der Waals surface area (Å²) in [6.45, 7) is 11.9. The van der Waals surface area contributed by atoms with Crippen LogP contribution in [0.2, 0.25) is 0 Å². The van der Waals surface area contributed by atoms with Crippen molar-refractivity contribution in [3.63, 3.8) is 0 Å². The number of benzene rings is 1. The van der Waals surface area contributed by atoms with Crippen LogP contribution in [0.3, 0.4) is 0 Å². The number of anilines is 1. The number of morpholine rings is 1. The standard InChI is InChI=1S/C24H40N4O2.HI/c1-3-25-23(27-20-24(11-7-8-12-24)13-16-29-4-2)26-19-21-9-5-6-10-22(21)28-14-17-30-18-15-28;/h5-6,9-10H,3-4,7-8,11-20H2,1-2H3,(H2,25,26,27);1H. The molecule has 1 saturated carbocycles. The average Bonchev–Trinajstić information content (AvgIpc) is 3.26. The third kappa shape index (κ3) is 8.09. The number of ether oxygens (including phenoxy) is 2. The molecule has 1 aliphatic heterocycles. The molecule has 3 rings (SSSR count). The zero-order valence-corrected chi connectivity index (χ0v) is 21.7. The first-order valence-electron chi connectivity index (χ1n) is 11.8. The van der Waals surface area contributed by atoms with E-state index in [0.29, 0.717) is 12.0 Å². The molecule has 0 aromatic heterocycles. The van der Waals surface area contributed by atoms with Crippen molar-refractivity contribution in [3.05, 3.63) is 29.8 Å². The summed E-state index contributed by atoms with van der Waals surface area (Å²) in [5.41, 5.74) is 2.89. The van der Waals surface area contributed by atoms with E-state index in [4.69, 9.17) is 14.5 Å². The third-order valence-electron chi connectivity index (χ3n) is 6.37. The summed E-state index contributed by atoms with van der Waals surface area (Å²) < 4.78 is 11.2. The minimum Gasteiger partial charge on any atom is -0.382 e. The van der Waals surface area contributed by atoms with Crippen molar-refractivity contribution < 1.29 is 9.47 Å². The van der Waals surface area contributed by atoms with Gasteiger partial charge < -0.3 is 25.0 Å². The van der Waals surface area contributed by atoms with Gasteiger partial charge in [0, 0.05) is 45.1 Å². The lowest BCUT2D eigenvalue weighted by Gasteiger charge is -2.31. The monoisotopic (exact) mass is 544 g/mol. The van der Waals surface area contributed by atoms with E-state index in [-0.39, 0.29) is 24.0 Å². The van der Waals surface area contributed by atoms with Crippen molar-refractivity contribution in [2.45, 2.75) is 52.5 Å². The van der Waals surface area contributed by atoms with Gasteiger partial charge in [0.15, 0.2) is 5.96 Å². The predicted octanol–water partition coefficient (Wildman–Crippen LogP) is 4.18. The van der Waals surface area contributed by atoms with E-state index >= 15 is 0 Å². The van der Waals surface area contributed by atoms with Crippen LogP contribution in [0.4, 0.5) is 5.69 Å². The molecule has 0 atom stereocenters. The number of hydrogen-bond acceptors (Lipinski definition) is 4. The molecular formula is C24H41IN4O2. The normalized spacial score (nSPS) is 18.5. The maximum atomic E-state index is 5.66. The summed E-state index contributed by atoms with van der Waals surface area (Å²) in [5, 5.41) is 7.08. The van der Waals surface area contributed by atoms with Crippen LogP contribution in [0.15, 0.2) is 29.3 Å². The van der Waals surface area contributed by atoms with E-state index in [1.54, 1.807) is 0 Å². The van der Waals surface area contributed by atoms with Crippen LogP contribution in [0.5, 0.6) is 0 Å². The Kier molecular flexibility index (Phi) is 12.0. The third-order valence-corrected chi connectivity index (χ3v) is 6.37. The highest BCUT2D eigenvalue weighted by atomic mass is 127. The van der Waals surface area contributed by atoms with E-state index in [2.05, 4.69) is 53.6 Å². The quantitative estimate of drug-likeness (QED) is 0.200. The van der Waals surface area contributed by atoms with Crippen LogP contribution >= 0.6 is 24.0 Å². The molecule has 1 aromatic carbocycles. The van der Waals surface area contributed by atoms with E-state index in [0.717, 1.165) is 65.0 Å². The highest BCUT2D eigenvalue weighted by molar-refractivity contribution is 14.0. The van der Waals surface area contributed by atoms with Crippen LogP contribution in [-0.4, -0.2) is 58.6 Å². The molecule has 1 aliphatic carbocycles. The van der Waals surface area contributed by atoms with Crippen LogP contribution in [0, 0.1) is 5.41 Å². The lowest BCUT2D eigenvalue weighted by Crippen LogP contribution is -2.43. The maximum absolute atomic E-state index is 5.66. The Labute approximate surface area is 205 Å². The number of aliphatic imine (C=N–C) groups is 1. The van der Waals surface area contributed by atoms with Gasteiger partial charge in [-0.1, -0.05) is 31.0 Å². The molecule has 2 fully saturated rings. The molecule has 1 aromatic rings. The summed E-state index contributed by atoms with van der Waals surface area (Å²) >= 11 is 0. The number of para-hydroxylation sites is 1. The number of rotatable bonds is 10. The minimum absolute atomic E-state index is 0. The molecule has 0 amide bonds. The zero-order valence-electron chi connectivity index (χ0n) is 19.3. The highest BCUT2D eigenvalue weighted by Gasteiger charge is 2.33. The lowest BCUT2D eigenvalue weighted by atomic mass is 9.83. The van der Waals surface area contributed by atoms with Crippen molar-refractivity contribution >= 4 is 35.6 Å². The van der Waals surface area contributed by atoms with Gasteiger partial charge in [-0.05, 0) is 50.2 Å². The first-order valence-corrected chi connectivity index (χ1v) is 11.8. The lowest BCUT2D eigenvalue weighted by molar-refractivity contribution is 0.105. The van der Waals surface area contributed by atoms with Crippen LogP contribution in [-0.2, 0) is 16.0 Å². The fraction of sp³-hybridized carbons (Fsp3) is 0.708. The maximum Gasteiger partial charge on any atom is 0.191 e. The minimum atomic E-state index is 0. The SMILES string of the molecule is CCNC(=NCc1ccccc1N1CCOCC1)NCC1(CCOCC)CCCC1.I. The van der Waals surface area contributed by atoms with Crippen LogP contribution in [0.1, 0.15) is 51.5 Å². The van der Waals surface area contributed by atoms with Crippen LogP contribution < -0.4 is 15.5 Å². The van der Waals surface area contributed by atoms with E-state index in [1.165, 1.54) is 36.9 Å². The molecule has 2 N–H and O–H groups in total. The average molecular weight is 545 g/mol. The Morgan fingerprint density at radius 2 is 1.87 bits per heavy atom. The summed E-state index contributed by atoms with van der Waals surface area (Å²) in [4.78, 5) is 7.35. The number of nitrogens with one attached hydrogen (secondary N) is 2. The van der Waals surface area contributed by atoms with Gasteiger partial charge in [0.2, 0.25) is 0 Å². The molecule has 1 heterocycles. The number of nitrogens with zero attached hydrogens (tertiary/aromatic N) is 2. The van der Waals surface area contributed by atoms with Gasteiger partial charge in [0.25, 0.3) is 0 Å². The fourth-order valence-electron chi connectivity index (χ4n) is 4.61. The van der Waals surface area contributed by atoms with Gasteiger partial charge in [0.05, 0.1) is 19.8 Å². The van der Waals surface area contributed by atoms with Gasteiger partial charge in [-0.25, -0.2) is 4.99 Å². The van der Waals surface area contributed by atoms with E-state index in [1.807, 2.05) is 0 Å². The largest absolute Gasteiger partial charge is 0.382 e. The Morgan fingerprint density at radius 3 is 2.58 bits per heavy atom. The fourth-order valence-corrected chi connectivity index (χ4v) is 4.61. The van der Waals surface area contributed by atoms with Crippen molar-refractivity contribution in [2.24, 2.45) is 10.4 Å². The van der Waals surface area contributed by atoms with Gasteiger partial charge in [-0.3, -0.25) is 0 Å². The Morgan fingerprint density at radius 1 is 1.13 bits per heavy atom. The van der Waals surface area contributed by atoms with E-state index < -0.39 is 0 Å². The van der Waals surface area contributed by atoms with Gasteiger partial charge in [-0.15, -0.1) is 24.0 Å². The predicted molar refractivity (Wildman–Crippen MR) is 140 cm³/mol. The van der Waals surface area contributed by atoms with E-state index in [9.17, 15) is 0 Å². The molecule has 0 spiro atoms. The smallest absolute Gasteiger partial charge is 0.191 e. The first kappa shape index (κ1) is 26.2. The second-order valence-corrected chi connectivity index (χ2v) is 8.43. The molecule has 31 heavy (non-hydrogen) atoms. The van der Waals surface area contributed by atoms with Crippen LogP contribution in [0.25, 0.3) is 0 Å². The summed E-state index contributed by atoms with van der Waals surface area (Å²) in [6, 6.07) is 8.62. The molecule has 0 radical (unpaired) electrons. The Bertz CT molecular complexity index is 659. The summed E-state index contributed by atoms with van der Waals surface area (Å²) in [5.74, 6) is 0.914. The van der Waals surface area contributed by atoms with Crippen molar-refractivity contribution in [1.29, 1.82) is 0 Å². The summed E-state index contributed by atoms with van der Waals surface area (Å²) in [6.07, 6.45) is 6.36. The van der Waals surface area contributed by atoms with Gasteiger partial charge >= 0.3 is 0 Å². The van der Waals surface area contributed by atoms with Crippen molar-refractivity contribution in [2.75, 3.05) is 57.5 Å². The van der Waals surface area contributed by atoms with Gasteiger partial charge in [0.1, 0.15) is 0 Å². The zero-order chi connectivity index (χ0) is 21.1. The Hall–Kier alpha value is -1.06. The molecule has 2 aliphatic rings. The van der Waals surface area contributed by atoms with Crippen molar-refractivity contribution in [3.8, 4) is 0 Å². The highest BCUT2D eigenvalue weighted by Crippen LogP contribution is 2.40. The topological polar surface area (TPSA) is 58.1 Å². The number of halogens is 1. The van der Waals surface area contributed by atoms with Crippen molar-refractivity contribution in [1.82, 2.24) is 10.6 Å². The summed E-state index contributed by atoms with van der Waals surface area (Å²) in [7, 11) is 0. The molecule has 0 unspecified atom stereocenters. The molecule has 1 saturated heterocycles. The Balaban J connectivity index is 0.00000341. The first-order chi connectivity index (χ1) is 14.8. The van der Waals surface area contributed by atoms with Gasteiger partial charge in [-0.2, -0.15) is 0 Å². The molecule has 7 heteroatoms. The number of guanidine groups is 1. The molecule has 176 valence electrons. The molecule has 6 nitrogen and oxygen atoms in total. The number of hydrogen-bond donors (Lipinski definition) is 2.